The lowest BCUT2D eigenvalue weighted by atomic mass is 10.0. The summed E-state index contributed by atoms with van der Waals surface area (Å²) in [6.45, 7) is 0.126. The number of nitrogens with zero attached hydrogens (tertiary/aromatic N) is 1. The van der Waals surface area contributed by atoms with Crippen LogP contribution in [0.5, 0.6) is 0 Å². The van der Waals surface area contributed by atoms with Gasteiger partial charge in [0, 0.05) is 0 Å². The molecule has 1 aromatic heterocycles. The summed E-state index contributed by atoms with van der Waals surface area (Å²) >= 11 is 0. The van der Waals surface area contributed by atoms with Crippen LogP contribution in [0.3, 0.4) is 0 Å². The Bertz CT molecular complexity index is 499. The molecule has 8 heteroatoms. The Kier molecular flexibility index (Phi) is 4.46. The third-order valence-corrected chi connectivity index (χ3v) is 3.04. The van der Waals surface area contributed by atoms with E-state index in [0.717, 1.165) is 0 Å². The van der Waals surface area contributed by atoms with Crippen molar-refractivity contribution in [2.75, 3.05) is 26.1 Å². The molecule has 0 aliphatic carbocycles. The van der Waals surface area contributed by atoms with Gasteiger partial charge in [-0.1, -0.05) is 0 Å². The molecule has 20 heavy (non-hydrogen) atoms. The van der Waals surface area contributed by atoms with E-state index in [-0.39, 0.29) is 18.9 Å². The number of carbonyl (C=O) groups excluding carboxylic acids is 1. The van der Waals surface area contributed by atoms with Gasteiger partial charge in [-0.15, -0.1) is 0 Å². The Morgan fingerprint density at radius 2 is 2.35 bits per heavy atom. The highest BCUT2D eigenvalue weighted by atomic mass is 19.3. The topological polar surface area (TPSA) is 86.5 Å². The summed E-state index contributed by atoms with van der Waals surface area (Å²) in [5.74, 6) is -0.617. The number of pyridine rings is 1. The average Bonchev–Trinajstić information content (AvgIpc) is 2.47. The number of methoxy groups -OCH3 is 1. The van der Waals surface area contributed by atoms with Crippen molar-refractivity contribution in [1.82, 2.24) is 10.3 Å². The average molecular weight is 287 g/mol. The first kappa shape index (κ1) is 14.6. The van der Waals surface area contributed by atoms with Crippen molar-refractivity contribution in [1.29, 1.82) is 0 Å². The van der Waals surface area contributed by atoms with Gasteiger partial charge in [0.05, 0.1) is 44.3 Å². The Labute approximate surface area is 114 Å². The van der Waals surface area contributed by atoms with Gasteiger partial charge < -0.3 is 15.2 Å². The van der Waals surface area contributed by atoms with Gasteiger partial charge in [-0.2, -0.15) is 0 Å². The zero-order valence-corrected chi connectivity index (χ0v) is 10.8. The number of carbonyl (C=O) groups is 1. The summed E-state index contributed by atoms with van der Waals surface area (Å²) in [6.07, 6.45) is -1.24. The summed E-state index contributed by atoms with van der Waals surface area (Å²) < 4.78 is 35.1. The standard InChI is InChI=1S/C12H15F2N3O3/c1-19-12(18)8-2-6(7(15)3-16-8)9-4-20-5-10(17-9)11(13)14/h2-3,9-11,17H,4-5,15H2,1H3/t9-,10-/m0/s1. The van der Waals surface area contributed by atoms with E-state index in [1.165, 1.54) is 19.4 Å². The number of aromatic nitrogens is 1. The largest absolute Gasteiger partial charge is 0.464 e. The maximum Gasteiger partial charge on any atom is 0.356 e. The van der Waals surface area contributed by atoms with Crippen molar-refractivity contribution in [2.45, 2.75) is 18.5 Å². The molecule has 1 fully saturated rings. The highest BCUT2D eigenvalue weighted by molar-refractivity contribution is 5.87. The quantitative estimate of drug-likeness (QED) is 0.798. The van der Waals surface area contributed by atoms with Crippen LogP contribution in [0.2, 0.25) is 0 Å². The minimum atomic E-state index is -2.54. The number of hydrogen-bond acceptors (Lipinski definition) is 6. The van der Waals surface area contributed by atoms with Crippen molar-refractivity contribution in [3.8, 4) is 0 Å². The molecule has 1 aliphatic heterocycles. The SMILES string of the molecule is COC(=O)c1cc([C@@H]2COC[C@@H](C(F)F)N2)c(N)cn1. The molecule has 0 unspecified atom stereocenters. The number of anilines is 1. The van der Waals surface area contributed by atoms with Crippen LogP contribution in [0.25, 0.3) is 0 Å². The molecule has 0 aromatic carbocycles. The fraction of sp³-hybridized carbons (Fsp3) is 0.500. The molecule has 0 saturated carbocycles. The summed E-state index contributed by atoms with van der Waals surface area (Å²) in [4.78, 5) is 15.3. The lowest BCUT2D eigenvalue weighted by molar-refractivity contribution is -0.0175. The van der Waals surface area contributed by atoms with Crippen LogP contribution < -0.4 is 11.1 Å². The Hall–Kier alpha value is -1.80. The second-order valence-corrected chi connectivity index (χ2v) is 4.39. The molecular weight excluding hydrogens is 272 g/mol. The molecule has 1 aliphatic rings. The molecule has 1 aromatic rings. The third-order valence-electron chi connectivity index (χ3n) is 3.04. The zero-order chi connectivity index (χ0) is 14.7. The van der Waals surface area contributed by atoms with Crippen LogP contribution in [0.1, 0.15) is 22.1 Å². The predicted molar refractivity (Wildman–Crippen MR) is 66.5 cm³/mol. The second kappa shape index (κ2) is 6.10. The van der Waals surface area contributed by atoms with Crippen LogP contribution in [0, 0.1) is 0 Å². The summed E-state index contributed by atoms with van der Waals surface area (Å²) in [5.41, 5.74) is 6.64. The van der Waals surface area contributed by atoms with Crippen LogP contribution in [0.4, 0.5) is 14.5 Å². The van der Waals surface area contributed by atoms with E-state index in [1.54, 1.807) is 0 Å². The van der Waals surface area contributed by atoms with Gasteiger partial charge in [0.25, 0.3) is 6.43 Å². The first-order valence-electron chi connectivity index (χ1n) is 5.98. The maximum atomic E-state index is 12.7. The van der Waals surface area contributed by atoms with E-state index in [0.29, 0.717) is 11.3 Å². The van der Waals surface area contributed by atoms with Gasteiger partial charge in [0.15, 0.2) is 0 Å². The second-order valence-electron chi connectivity index (χ2n) is 4.39. The lowest BCUT2D eigenvalue weighted by Crippen LogP contribution is -2.47. The van der Waals surface area contributed by atoms with E-state index in [2.05, 4.69) is 15.0 Å². The monoisotopic (exact) mass is 287 g/mol. The fourth-order valence-electron chi connectivity index (χ4n) is 1.99. The zero-order valence-electron chi connectivity index (χ0n) is 10.8. The number of esters is 1. The minimum Gasteiger partial charge on any atom is -0.464 e. The highest BCUT2D eigenvalue weighted by Gasteiger charge is 2.30. The molecular formula is C12H15F2N3O3. The number of hydrogen-bond donors (Lipinski definition) is 2. The molecule has 2 atom stereocenters. The molecule has 2 heterocycles. The number of rotatable bonds is 3. The van der Waals surface area contributed by atoms with Gasteiger partial charge in [-0.3, -0.25) is 5.32 Å². The Morgan fingerprint density at radius 3 is 3.00 bits per heavy atom. The van der Waals surface area contributed by atoms with Crippen LogP contribution in [-0.4, -0.2) is 43.7 Å². The fourth-order valence-corrected chi connectivity index (χ4v) is 1.99. The normalized spacial score (nSPS) is 22.8. The smallest absolute Gasteiger partial charge is 0.356 e. The summed E-state index contributed by atoms with van der Waals surface area (Å²) in [5, 5.41) is 2.76. The number of ether oxygens (including phenoxy) is 2. The number of nitrogen functional groups attached to an aromatic ring is 1. The van der Waals surface area contributed by atoms with Gasteiger partial charge in [-0.25, -0.2) is 18.6 Å². The number of nitrogens with two attached hydrogens (primary N) is 1. The van der Waals surface area contributed by atoms with E-state index in [4.69, 9.17) is 10.5 Å². The predicted octanol–water partition coefficient (Wildman–Crippen LogP) is 0.745. The first-order chi connectivity index (χ1) is 9.52. The van der Waals surface area contributed by atoms with Gasteiger partial charge in [-0.05, 0) is 11.6 Å². The third kappa shape index (κ3) is 3.02. The van der Waals surface area contributed by atoms with Gasteiger partial charge in [0.2, 0.25) is 0 Å². The number of halogens is 2. The highest BCUT2D eigenvalue weighted by Crippen LogP contribution is 2.25. The molecule has 0 spiro atoms. The maximum absolute atomic E-state index is 12.7. The van der Waals surface area contributed by atoms with Crippen LogP contribution in [0.15, 0.2) is 12.3 Å². The Morgan fingerprint density at radius 1 is 1.60 bits per heavy atom. The van der Waals surface area contributed by atoms with Gasteiger partial charge >= 0.3 is 5.97 Å². The minimum absolute atomic E-state index is 0.0665. The van der Waals surface area contributed by atoms with Crippen molar-refractivity contribution >= 4 is 11.7 Å². The Balaban J connectivity index is 2.24. The molecule has 6 nitrogen and oxygen atoms in total. The first-order valence-corrected chi connectivity index (χ1v) is 5.98. The summed E-state index contributed by atoms with van der Waals surface area (Å²) in [6, 6.07) is -0.159. The van der Waals surface area contributed by atoms with Crippen molar-refractivity contribution < 1.29 is 23.0 Å². The van der Waals surface area contributed by atoms with Crippen molar-refractivity contribution in [3.63, 3.8) is 0 Å². The molecule has 0 amide bonds. The van der Waals surface area contributed by atoms with Crippen LogP contribution in [-0.2, 0) is 9.47 Å². The molecule has 110 valence electrons. The lowest BCUT2D eigenvalue weighted by Gasteiger charge is -2.31. The molecule has 3 N–H and O–H groups in total. The van der Waals surface area contributed by atoms with Crippen LogP contribution >= 0.6 is 0 Å². The van der Waals surface area contributed by atoms with E-state index in [9.17, 15) is 13.6 Å². The van der Waals surface area contributed by atoms with Crippen molar-refractivity contribution in [3.05, 3.63) is 23.5 Å². The molecule has 0 radical (unpaired) electrons. The van der Waals surface area contributed by atoms with E-state index >= 15 is 0 Å². The number of alkyl halides is 2. The van der Waals surface area contributed by atoms with Crippen molar-refractivity contribution in [2.24, 2.45) is 0 Å². The van der Waals surface area contributed by atoms with E-state index in [1.807, 2.05) is 0 Å². The number of morpholine rings is 1. The molecule has 0 bridgehead atoms. The molecule has 1 saturated heterocycles. The number of nitrogens with one attached hydrogen (secondary N) is 1. The van der Waals surface area contributed by atoms with E-state index < -0.39 is 24.5 Å². The summed E-state index contributed by atoms with van der Waals surface area (Å²) in [7, 11) is 1.23. The van der Waals surface area contributed by atoms with Gasteiger partial charge in [0.1, 0.15) is 5.69 Å². The molecule has 2 rings (SSSR count).